The highest BCUT2D eigenvalue weighted by molar-refractivity contribution is 6.33. The van der Waals surface area contributed by atoms with Crippen molar-refractivity contribution in [2.75, 3.05) is 12.0 Å². The second-order valence-corrected chi connectivity index (χ2v) is 6.19. The Balaban J connectivity index is 1.94. The molecule has 2 aromatic carbocycles. The molecule has 1 aliphatic rings. The Morgan fingerprint density at radius 3 is 2.56 bits per heavy atom. The maximum Gasteiger partial charge on any atom is 0.335 e. The van der Waals surface area contributed by atoms with Crippen LogP contribution in [0.4, 0.5) is 16.2 Å². The largest absolute Gasteiger partial charge is 0.495 e. The van der Waals surface area contributed by atoms with Crippen LogP contribution in [0.1, 0.15) is 11.1 Å². The van der Waals surface area contributed by atoms with Gasteiger partial charge in [0.1, 0.15) is 5.75 Å². The summed E-state index contributed by atoms with van der Waals surface area (Å²) in [7, 11) is 1.44. The fraction of sp³-hybridized carbons (Fsp3) is 0.200. The molecule has 1 fully saturated rings. The summed E-state index contributed by atoms with van der Waals surface area (Å²) in [6.45, 7) is 3.86. The Bertz CT molecular complexity index is 952. The number of rotatable bonds is 4. The van der Waals surface area contributed by atoms with Gasteiger partial charge in [-0.2, -0.15) is 0 Å². The molecule has 0 saturated carbocycles. The van der Waals surface area contributed by atoms with Crippen molar-refractivity contribution in [1.29, 1.82) is 0 Å². The van der Waals surface area contributed by atoms with Gasteiger partial charge in [-0.15, -0.1) is 0 Å². The van der Waals surface area contributed by atoms with E-state index in [1.165, 1.54) is 13.3 Å². The van der Waals surface area contributed by atoms with Crippen molar-refractivity contribution < 1.29 is 19.1 Å². The van der Waals surface area contributed by atoms with Crippen molar-refractivity contribution in [3.8, 4) is 5.75 Å². The standard InChI is InChI=1S/C20H19N3O4/c1-12-8-9-15(13(2)10-12)21-11-14-18(24)22-20(26)23(19(14)25)16-6-4-5-7-17(16)27-3/h4-11,14H,1-3H3,(H,22,24,26)/t14-/m0/s1. The molecule has 1 heterocycles. The SMILES string of the molecule is COc1ccccc1N1C(=O)NC(=O)[C@H](C=Nc2ccc(C)cc2C)C1=O. The number of anilines is 1. The predicted molar refractivity (Wildman–Crippen MR) is 102 cm³/mol. The molecule has 1 saturated heterocycles. The van der Waals surface area contributed by atoms with Crippen LogP contribution in [0, 0.1) is 19.8 Å². The molecule has 4 amide bonds. The smallest absolute Gasteiger partial charge is 0.335 e. The minimum absolute atomic E-state index is 0.264. The zero-order valence-electron chi connectivity index (χ0n) is 15.2. The predicted octanol–water partition coefficient (Wildman–Crippen LogP) is 2.91. The number of aliphatic imine (C=N–C) groups is 1. The first-order chi connectivity index (χ1) is 12.9. The third-order valence-electron chi connectivity index (χ3n) is 4.24. The van der Waals surface area contributed by atoms with Crippen molar-refractivity contribution in [2.24, 2.45) is 10.9 Å². The molecular formula is C20H19N3O4. The van der Waals surface area contributed by atoms with E-state index in [1.54, 1.807) is 24.3 Å². The van der Waals surface area contributed by atoms with Gasteiger partial charge in [0.25, 0.3) is 5.91 Å². The van der Waals surface area contributed by atoms with Crippen molar-refractivity contribution in [2.45, 2.75) is 13.8 Å². The molecule has 1 N–H and O–H groups in total. The monoisotopic (exact) mass is 365 g/mol. The van der Waals surface area contributed by atoms with E-state index in [-0.39, 0.29) is 5.69 Å². The first kappa shape index (κ1) is 18.3. The number of nitrogens with zero attached hydrogens (tertiary/aromatic N) is 2. The lowest BCUT2D eigenvalue weighted by molar-refractivity contribution is -0.131. The topological polar surface area (TPSA) is 88.1 Å². The van der Waals surface area contributed by atoms with Crippen molar-refractivity contribution in [1.82, 2.24) is 5.32 Å². The number of ether oxygens (including phenoxy) is 1. The first-order valence-electron chi connectivity index (χ1n) is 8.35. The molecule has 27 heavy (non-hydrogen) atoms. The van der Waals surface area contributed by atoms with Gasteiger partial charge in [-0.05, 0) is 37.6 Å². The maximum absolute atomic E-state index is 12.9. The van der Waals surface area contributed by atoms with Gasteiger partial charge in [0, 0.05) is 6.21 Å². The number of methoxy groups -OCH3 is 1. The van der Waals surface area contributed by atoms with E-state index in [9.17, 15) is 14.4 Å². The highest BCUT2D eigenvalue weighted by Gasteiger charge is 2.41. The zero-order chi connectivity index (χ0) is 19.6. The van der Waals surface area contributed by atoms with Crippen LogP contribution in [0.2, 0.25) is 0 Å². The van der Waals surface area contributed by atoms with Gasteiger partial charge in [-0.3, -0.25) is 19.9 Å². The number of nitrogens with one attached hydrogen (secondary N) is 1. The number of imide groups is 2. The van der Waals surface area contributed by atoms with Gasteiger partial charge >= 0.3 is 6.03 Å². The number of urea groups is 1. The van der Waals surface area contributed by atoms with Crippen LogP contribution in [-0.4, -0.2) is 31.2 Å². The number of amides is 4. The number of barbiturate groups is 1. The van der Waals surface area contributed by atoms with E-state index in [4.69, 9.17) is 4.74 Å². The molecule has 138 valence electrons. The fourth-order valence-electron chi connectivity index (χ4n) is 2.87. The molecule has 0 spiro atoms. The minimum Gasteiger partial charge on any atom is -0.495 e. The lowest BCUT2D eigenvalue weighted by Gasteiger charge is -2.29. The summed E-state index contributed by atoms with van der Waals surface area (Å²) in [5, 5.41) is 2.20. The second kappa shape index (κ2) is 7.41. The van der Waals surface area contributed by atoms with Crippen molar-refractivity contribution in [3.63, 3.8) is 0 Å². The normalized spacial score (nSPS) is 17.4. The summed E-state index contributed by atoms with van der Waals surface area (Å²) < 4.78 is 5.22. The molecule has 0 aliphatic carbocycles. The van der Waals surface area contributed by atoms with E-state index < -0.39 is 23.8 Å². The quantitative estimate of drug-likeness (QED) is 0.666. The average Bonchev–Trinajstić information content (AvgIpc) is 2.63. The summed E-state index contributed by atoms with van der Waals surface area (Å²) >= 11 is 0. The van der Waals surface area contributed by atoms with E-state index in [0.717, 1.165) is 16.0 Å². The van der Waals surface area contributed by atoms with Gasteiger partial charge in [0.15, 0.2) is 5.92 Å². The Hall–Kier alpha value is -3.48. The molecule has 1 atom stereocenters. The number of hydrogen-bond acceptors (Lipinski definition) is 5. The number of benzene rings is 2. The van der Waals surface area contributed by atoms with Crippen LogP contribution >= 0.6 is 0 Å². The number of hydrogen-bond donors (Lipinski definition) is 1. The van der Waals surface area contributed by atoms with E-state index in [0.29, 0.717) is 11.4 Å². The lowest BCUT2D eigenvalue weighted by Crippen LogP contribution is -2.58. The van der Waals surface area contributed by atoms with E-state index in [1.807, 2.05) is 32.0 Å². The van der Waals surface area contributed by atoms with E-state index >= 15 is 0 Å². The highest BCUT2D eigenvalue weighted by atomic mass is 16.5. The number of carbonyl (C=O) groups excluding carboxylic acids is 3. The number of para-hydroxylation sites is 2. The molecule has 0 aromatic heterocycles. The summed E-state index contributed by atoms with van der Waals surface area (Å²) in [6, 6.07) is 11.5. The Morgan fingerprint density at radius 1 is 1.11 bits per heavy atom. The Morgan fingerprint density at radius 2 is 1.85 bits per heavy atom. The molecule has 7 heteroatoms. The third-order valence-corrected chi connectivity index (χ3v) is 4.24. The molecule has 0 radical (unpaired) electrons. The molecule has 0 unspecified atom stereocenters. The van der Waals surface area contributed by atoms with Gasteiger partial charge in [0.05, 0.1) is 18.5 Å². The number of carbonyl (C=O) groups is 3. The molecule has 7 nitrogen and oxygen atoms in total. The van der Waals surface area contributed by atoms with Crippen LogP contribution in [0.5, 0.6) is 5.75 Å². The van der Waals surface area contributed by atoms with Gasteiger partial charge in [0.2, 0.25) is 5.91 Å². The summed E-state index contributed by atoms with van der Waals surface area (Å²) in [5.74, 6) is -2.25. The summed E-state index contributed by atoms with van der Waals surface area (Å²) in [5.41, 5.74) is 2.93. The van der Waals surface area contributed by atoms with Crippen molar-refractivity contribution >= 4 is 35.4 Å². The van der Waals surface area contributed by atoms with E-state index in [2.05, 4.69) is 10.3 Å². The average molecular weight is 365 g/mol. The zero-order valence-corrected chi connectivity index (χ0v) is 15.2. The van der Waals surface area contributed by atoms with Crippen LogP contribution < -0.4 is 15.0 Å². The van der Waals surface area contributed by atoms with Crippen molar-refractivity contribution in [3.05, 3.63) is 53.6 Å². The van der Waals surface area contributed by atoms with Gasteiger partial charge in [-0.25, -0.2) is 9.69 Å². The molecule has 1 aliphatic heterocycles. The van der Waals surface area contributed by atoms with Crippen LogP contribution in [0.15, 0.2) is 47.5 Å². The maximum atomic E-state index is 12.9. The Labute approximate surface area is 156 Å². The Kier molecular flexibility index (Phi) is 5.03. The van der Waals surface area contributed by atoms with Gasteiger partial charge < -0.3 is 4.74 Å². The summed E-state index contributed by atoms with van der Waals surface area (Å²) in [4.78, 5) is 42.5. The third kappa shape index (κ3) is 3.57. The molecule has 0 bridgehead atoms. The summed E-state index contributed by atoms with van der Waals surface area (Å²) in [6.07, 6.45) is 1.27. The lowest BCUT2D eigenvalue weighted by atomic mass is 10.1. The first-order valence-corrected chi connectivity index (χ1v) is 8.35. The second-order valence-electron chi connectivity index (χ2n) is 6.19. The molecule has 3 rings (SSSR count). The molecular weight excluding hydrogens is 346 g/mol. The van der Waals surface area contributed by atoms with Gasteiger partial charge in [-0.1, -0.05) is 29.8 Å². The highest BCUT2D eigenvalue weighted by Crippen LogP contribution is 2.30. The number of aryl methyl sites for hydroxylation is 2. The van der Waals surface area contributed by atoms with Crippen LogP contribution in [0.3, 0.4) is 0 Å². The fourth-order valence-corrected chi connectivity index (χ4v) is 2.87. The molecule has 2 aromatic rings. The minimum atomic E-state index is -1.21. The van der Waals surface area contributed by atoms with Crippen LogP contribution in [0.25, 0.3) is 0 Å². The van der Waals surface area contributed by atoms with Crippen LogP contribution in [-0.2, 0) is 9.59 Å².